The molecule has 0 aromatic heterocycles. The summed E-state index contributed by atoms with van der Waals surface area (Å²) in [5.74, 6) is -0.216. The number of benzene rings is 1. The molecular weight excluding hydrogens is 404 g/mol. The molecular formula is C26H36N2O4. The fourth-order valence-electron chi connectivity index (χ4n) is 5.73. The molecule has 0 bridgehead atoms. The van der Waals surface area contributed by atoms with Crippen molar-refractivity contribution in [3.8, 4) is 0 Å². The Morgan fingerprint density at radius 1 is 0.844 bits per heavy atom. The van der Waals surface area contributed by atoms with Crippen LogP contribution < -0.4 is 0 Å². The Morgan fingerprint density at radius 3 is 2.28 bits per heavy atom. The lowest BCUT2D eigenvalue weighted by atomic mass is 9.86. The van der Waals surface area contributed by atoms with Crippen molar-refractivity contribution in [2.45, 2.75) is 64.3 Å². The quantitative estimate of drug-likeness (QED) is 0.650. The first kappa shape index (κ1) is 22.8. The summed E-state index contributed by atoms with van der Waals surface area (Å²) >= 11 is 0. The lowest BCUT2D eigenvalue weighted by molar-refractivity contribution is -0.152. The lowest BCUT2D eigenvalue weighted by Gasteiger charge is -2.42. The first-order valence-electron chi connectivity index (χ1n) is 12.4. The monoisotopic (exact) mass is 440 g/mol. The van der Waals surface area contributed by atoms with Crippen molar-refractivity contribution in [2.75, 3.05) is 26.2 Å². The van der Waals surface area contributed by atoms with Gasteiger partial charge in [0.2, 0.25) is 11.8 Å². The van der Waals surface area contributed by atoms with Crippen molar-refractivity contribution in [1.29, 1.82) is 0 Å². The zero-order valence-corrected chi connectivity index (χ0v) is 19.2. The Bertz CT molecular complexity index is 805. The molecule has 174 valence electrons. The van der Waals surface area contributed by atoms with Crippen molar-refractivity contribution < 1.29 is 19.1 Å². The first-order valence-corrected chi connectivity index (χ1v) is 12.4. The van der Waals surface area contributed by atoms with Crippen LogP contribution in [0.2, 0.25) is 0 Å². The molecule has 2 heterocycles. The van der Waals surface area contributed by atoms with Gasteiger partial charge in [-0.05, 0) is 51.0 Å². The van der Waals surface area contributed by atoms with E-state index in [0.717, 1.165) is 56.9 Å². The summed E-state index contributed by atoms with van der Waals surface area (Å²) in [5.41, 5.74) is 1.16. The minimum atomic E-state index is -0.232. The molecule has 3 aliphatic rings. The Labute approximate surface area is 191 Å². The number of piperidine rings is 2. The van der Waals surface area contributed by atoms with E-state index in [-0.39, 0.29) is 41.6 Å². The number of carbonyl (C=O) groups is 3. The van der Waals surface area contributed by atoms with Gasteiger partial charge in [0.1, 0.15) is 0 Å². The fourth-order valence-corrected chi connectivity index (χ4v) is 5.73. The predicted molar refractivity (Wildman–Crippen MR) is 122 cm³/mol. The van der Waals surface area contributed by atoms with Gasteiger partial charge in [0.25, 0.3) is 0 Å². The summed E-state index contributed by atoms with van der Waals surface area (Å²) in [6.45, 7) is 3.78. The number of likely N-dealkylation sites (tertiary alicyclic amines) is 2. The third kappa shape index (κ3) is 5.00. The van der Waals surface area contributed by atoms with Gasteiger partial charge in [-0.2, -0.15) is 0 Å². The molecule has 1 aromatic carbocycles. The number of nitrogens with zero attached hydrogens (tertiary/aromatic N) is 2. The van der Waals surface area contributed by atoms with Crippen LogP contribution in [0, 0.1) is 17.8 Å². The van der Waals surface area contributed by atoms with Gasteiger partial charge < -0.3 is 14.5 Å². The van der Waals surface area contributed by atoms with Crippen LogP contribution in [0.3, 0.4) is 0 Å². The van der Waals surface area contributed by atoms with Gasteiger partial charge in [0.15, 0.2) is 0 Å². The lowest BCUT2D eigenvalue weighted by Crippen LogP contribution is -2.51. The number of amides is 2. The van der Waals surface area contributed by atoms with Crippen LogP contribution in [0.25, 0.3) is 0 Å². The molecule has 0 radical (unpaired) electrons. The molecule has 0 N–H and O–H groups in total. The molecule has 0 spiro atoms. The summed E-state index contributed by atoms with van der Waals surface area (Å²) in [6.07, 6.45) is 7.32. The van der Waals surface area contributed by atoms with Crippen LogP contribution >= 0.6 is 0 Å². The highest BCUT2D eigenvalue weighted by atomic mass is 16.5. The van der Waals surface area contributed by atoms with Crippen molar-refractivity contribution >= 4 is 17.8 Å². The van der Waals surface area contributed by atoms with E-state index < -0.39 is 0 Å². The van der Waals surface area contributed by atoms with Gasteiger partial charge in [0, 0.05) is 25.6 Å². The number of hydrogen-bond acceptors (Lipinski definition) is 4. The van der Waals surface area contributed by atoms with Gasteiger partial charge in [-0.15, -0.1) is 0 Å². The molecule has 1 saturated carbocycles. The van der Waals surface area contributed by atoms with Crippen LogP contribution in [0.15, 0.2) is 30.3 Å². The molecule has 4 rings (SSSR count). The van der Waals surface area contributed by atoms with E-state index in [2.05, 4.69) is 12.1 Å². The van der Waals surface area contributed by atoms with Gasteiger partial charge in [0.05, 0.1) is 24.5 Å². The van der Waals surface area contributed by atoms with E-state index in [1.165, 1.54) is 0 Å². The smallest absolute Gasteiger partial charge is 0.310 e. The Hall–Kier alpha value is -2.37. The summed E-state index contributed by atoms with van der Waals surface area (Å²) in [5, 5.41) is 0. The number of ether oxygens (including phenoxy) is 1. The molecule has 3 atom stereocenters. The number of rotatable bonds is 5. The molecule has 32 heavy (non-hydrogen) atoms. The van der Waals surface area contributed by atoms with E-state index in [9.17, 15) is 14.4 Å². The number of carbonyl (C=O) groups excluding carboxylic acids is 3. The van der Waals surface area contributed by atoms with E-state index in [0.29, 0.717) is 26.2 Å². The zero-order chi connectivity index (χ0) is 22.5. The highest BCUT2D eigenvalue weighted by molar-refractivity contribution is 5.83. The Balaban J connectivity index is 1.47. The maximum atomic E-state index is 13.5. The second-order valence-electron chi connectivity index (χ2n) is 9.55. The normalized spacial score (nSPS) is 26.7. The van der Waals surface area contributed by atoms with E-state index in [1.54, 1.807) is 0 Å². The first-order chi connectivity index (χ1) is 15.6. The van der Waals surface area contributed by atoms with Crippen LogP contribution in [0.4, 0.5) is 0 Å². The van der Waals surface area contributed by atoms with Gasteiger partial charge >= 0.3 is 5.97 Å². The van der Waals surface area contributed by atoms with Crippen molar-refractivity contribution in [3.05, 3.63) is 35.9 Å². The molecule has 2 aliphatic heterocycles. The summed E-state index contributed by atoms with van der Waals surface area (Å²) in [4.78, 5) is 43.0. The van der Waals surface area contributed by atoms with E-state index in [1.807, 2.05) is 34.9 Å². The predicted octanol–water partition coefficient (Wildman–Crippen LogP) is 3.96. The van der Waals surface area contributed by atoms with Crippen molar-refractivity contribution in [1.82, 2.24) is 9.80 Å². The van der Waals surface area contributed by atoms with Gasteiger partial charge in [-0.1, -0.05) is 43.2 Å². The topological polar surface area (TPSA) is 66.9 Å². The van der Waals surface area contributed by atoms with Crippen LogP contribution in [0.5, 0.6) is 0 Å². The SMILES string of the molecule is CCOC(=O)C1CCCN(C(=O)C2CCC(c3ccccc3)N(C(=O)C3CCCC3)C2)C1. The minimum Gasteiger partial charge on any atom is -0.466 e. The highest BCUT2D eigenvalue weighted by Gasteiger charge is 2.40. The molecule has 3 unspecified atom stereocenters. The molecule has 6 nitrogen and oxygen atoms in total. The van der Waals surface area contributed by atoms with Crippen LogP contribution in [0.1, 0.15) is 69.9 Å². The second-order valence-corrected chi connectivity index (χ2v) is 9.55. The Kier molecular flexibility index (Phi) is 7.48. The van der Waals surface area contributed by atoms with Crippen LogP contribution in [-0.2, 0) is 19.1 Å². The van der Waals surface area contributed by atoms with Crippen molar-refractivity contribution in [2.24, 2.45) is 17.8 Å². The van der Waals surface area contributed by atoms with Gasteiger partial charge in [-0.25, -0.2) is 0 Å². The molecule has 1 aromatic rings. The standard InChI is InChI=1S/C26H36N2O4/c1-2-32-26(31)22-13-8-16-27(17-22)24(29)21-14-15-23(19-9-4-3-5-10-19)28(18-21)25(30)20-11-6-7-12-20/h3-5,9-10,20-23H,2,6-8,11-18H2,1H3. The van der Waals surface area contributed by atoms with E-state index in [4.69, 9.17) is 4.74 Å². The molecule has 2 amide bonds. The highest BCUT2D eigenvalue weighted by Crippen LogP contribution is 2.38. The third-order valence-electron chi connectivity index (χ3n) is 7.46. The largest absolute Gasteiger partial charge is 0.466 e. The zero-order valence-electron chi connectivity index (χ0n) is 19.2. The minimum absolute atomic E-state index is 0.0435. The van der Waals surface area contributed by atoms with Crippen molar-refractivity contribution in [3.63, 3.8) is 0 Å². The molecule has 3 fully saturated rings. The van der Waals surface area contributed by atoms with Crippen LogP contribution in [-0.4, -0.2) is 53.8 Å². The molecule has 2 saturated heterocycles. The number of hydrogen-bond donors (Lipinski definition) is 0. The Morgan fingerprint density at radius 2 is 1.56 bits per heavy atom. The summed E-state index contributed by atoms with van der Waals surface area (Å²) < 4.78 is 5.19. The van der Waals surface area contributed by atoms with Gasteiger partial charge in [-0.3, -0.25) is 14.4 Å². The number of esters is 1. The second kappa shape index (κ2) is 10.5. The average Bonchev–Trinajstić information content (AvgIpc) is 3.39. The maximum Gasteiger partial charge on any atom is 0.310 e. The summed E-state index contributed by atoms with van der Waals surface area (Å²) in [6, 6.07) is 10.3. The molecule has 6 heteroatoms. The third-order valence-corrected chi connectivity index (χ3v) is 7.46. The van der Waals surface area contributed by atoms with E-state index >= 15 is 0 Å². The fraction of sp³-hybridized carbons (Fsp3) is 0.654. The average molecular weight is 441 g/mol. The maximum absolute atomic E-state index is 13.5. The molecule has 1 aliphatic carbocycles. The summed E-state index contributed by atoms with van der Waals surface area (Å²) in [7, 11) is 0.